The Morgan fingerprint density at radius 3 is 2.56 bits per heavy atom. The Hall–Kier alpha value is -0.0800. The second kappa shape index (κ2) is 7.98. The molecule has 4 rings (SSSR count). The smallest absolute Gasteiger partial charge is 0.143 e. The van der Waals surface area contributed by atoms with Gasteiger partial charge in [-0.2, -0.15) is 0 Å². The number of aliphatic hydroxyl groups is 1. The first-order chi connectivity index (χ1) is 13.0. The molecule has 8 atom stereocenters. The van der Waals surface area contributed by atoms with Crippen LogP contribution in [-0.4, -0.2) is 18.5 Å². The minimum absolute atomic E-state index is 0.125. The summed E-state index contributed by atoms with van der Waals surface area (Å²) in [5.41, 5.74) is 1.27. The quantitative estimate of drug-likeness (QED) is 0.428. The molecule has 0 radical (unpaired) electrons. The lowest BCUT2D eigenvalue weighted by Crippen LogP contribution is -2.53. The van der Waals surface area contributed by atoms with E-state index in [9.17, 15) is 0 Å². The standard InChI is InChI=1S/C25H44O2/c1-18(7-6-16-27-17-26)21-11-12-22-20-10-9-19-8-4-5-14-24(19,2)23(20)13-15-25(21,22)3/h18-23,26H,4-17H2,1-3H3/t18-,19?,20?,21?,22?,23+,24?,25?/m1/s1. The molecule has 0 heterocycles. The maximum Gasteiger partial charge on any atom is 0.143 e. The third-order valence-corrected chi connectivity index (χ3v) is 10.4. The van der Waals surface area contributed by atoms with Gasteiger partial charge in [0.05, 0.1) is 0 Å². The van der Waals surface area contributed by atoms with Crippen LogP contribution in [0.25, 0.3) is 0 Å². The molecular weight excluding hydrogens is 332 g/mol. The van der Waals surface area contributed by atoms with Crippen LogP contribution in [0.5, 0.6) is 0 Å². The lowest BCUT2D eigenvalue weighted by atomic mass is 9.44. The summed E-state index contributed by atoms with van der Waals surface area (Å²) in [6.07, 6.45) is 17.4. The van der Waals surface area contributed by atoms with Crippen molar-refractivity contribution in [2.75, 3.05) is 13.4 Å². The van der Waals surface area contributed by atoms with Crippen molar-refractivity contribution in [3.63, 3.8) is 0 Å². The average molecular weight is 377 g/mol. The van der Waals surface area contributed by atoms with Gasteiger partial charge in [-0.15, -0.1) is 0 Å². The summed E-state index contributed by atoms with van der Waals surface area (Å²) in [5, 5.41) is 8.83. The molecule has 0 amide bonds. The zero-order chi connectivity index (χ0) is 19.1. The largest absolute Gasteiger partial charge is 0.371 e. The van der Waals surface area contributed by atoms with Gasteiger partial charge < -0.3 is 9.84 Å². The fraction of sp³-hybridized carbons (Fsp3) is 1.00. The van der Waals surface area contributed by atoms with Crippen LogP contribution >= 0.6 is 0 Å². The number of hydrogen-bond acceptors (Lipinski definition) is 2. The number of fused-ring (bicyclic) bond motifs is 5. The second-order valence-corrected chi connectivity index (χ2v) is 11.3. The summed E-state index contributed by atoms with van der Waals surface area (Å²) in [7, 11) is 0. The predicted octanol–water partition coefficient (Wildman–Crippen LogP) is 6.42. The van der Waals surface area contributed by atoms with E-state index in [1.165, 1.54) is 70.6 Å². The highest BCUT2D eigenvalue weighted by Crippen LogP contribution is 2.68. The fourth-order valence-electron chi connectivity index (χ4n) is 9.04. The maximum absolute atomic E-state index is 8.83. The summed E-state index contributed by atoms with van der Waals surface area (Å²) in [6.45, 7) is 8.48. The molecule has 0 aromatic heterocycles. The van der Waals surface area contributed by atoms with E-state index in [0.29, 0.717) is 10.8 Å². The summed E-state index contributed by atoms with van der Waals surface area (Å²) in [4.78, 5) is 0. The van der Waals surface area contributed by atoms with Gasteiger partial charge in [0.1, 0.15) is 6.79 Å². The van der Waals surface area contributed by atoms with Crippen LogP contribution in [0.1, 0.15) is 97.8 Å². The SMILES string of the molecule is C[C@H](CCCOCO)C1CCC2C3CCC4CCCCC4(C)[C@H]3CCC21C. The van der Waals surface area contributed by atoms with Crippen molar-refractivity contribution >= 4 is 0 Å². The van der Waals surface area contributed by atoms with E-state index in [-0.39, 0.29) is 6.79 Å². The highest BCUT2D eigenvalue weighted by atomic mass is 16.6. The summed E-state index contributed by atoms with van der Waals surface area (Å²) < 4.78 is 5.17. The second-order valence-electron chi connectivity index (χ2n) is 11.3. The van der Waals surface area contributed by atoms with Gasteiger partial charge in [0.15, 0.2) is 0 Å². The van der Waals surface area contributed by atoms with Crippen molar-refractivity contribution in [1.29, 1.82) is 0 Å². The molecule has 6 unspecified atom stereocenters. The van der Waals surface area contributed by atoms with E-state index < -0.39 is 0 Å². The molecule has 2 nitrogen and oxygen atoms in total. The van der Waals surface area contributed by atoms with E-state index in [1.54, 1.807) is 0 Å². The molecule has 1 N–H and O–H groups in total. The van der Waals surface area contributed by atoms with Gasteiger partial charge in [-0.3, -0.25) is 0 Å². The zero-order valence-electron chi connectivity index (χ0n) is 18.2. The number of ether oxygens (including phenoxy) is 1. The molecule has 0 spiro atoms. The van der Waals surface area contributed by atoms with E-state index in [0.717, 1.165) is 48.5 Å². The van der Waals surface area contributed by atoms with E-state index >= 15 is 0 Å². The first kappa shape index (κ1) is 20.2. The molecule has 0 aliphatic heterocycles. The van der Waals surface area contributed by atoms with Crippen molar-refractivity contribution in [2.45, 2.75) is 97.8 Å². The molecule has 4 aliphatic carbocycles. The van der Waals surface area contributed by atoms with Crippen LogP contribution in [0.4, 0.5) is 0 Å². The average Bonchev–Trinajstić information content (AvgIpc) is 3.02. The van der Waals surface area contributed by atoms with Crippen LogP contribution < -0.4 is 0 Å². The van der Waals surface area contributed by atoms with E-state index in [4.69, 9.17) is 9.84 Å². The highest BCUT2D eigenvalue weighted by Gasteiger charge is 2.59. The van der Waals surface area contributed by atoms with Gasteiger partial charge in [0.2, 0.25) is 0 Å². The lowest BCUT2D eigenvalue weighted by Gasteiger charge is -2.61. The molecular formula is C25H44O2. The first-order valence-electron chi connectivity index (χ1n) is 12.2. The Bertz CT molecular complexity index is 505. The molecule has 0 saturated heterocycles. The normalized spacial score (nSPS) is 47.8. The molecule has 0 bridgehead atoms. The summed E-state index contributed by atoms with van der Waals surface area (Å²) >= 11 is 0. The Labute approximate surface area is 167 Å². The molecule has 156 valence electrons. The number of aliphatic hydroxyl groups excluding tert-OH is 1. The van der Waals surface area contributed by atoms with Crippen LogP contribution in [-0.2, 0) is 4.74 Å². The molecule has 27 heavy (non-hydrogen) atoms. The zero-order valence-corrected chi connectivity index (χ0v) is 18.2. The molecule has 2 heteroatoms. The van der Waals surface area contributed by atoms with Crippen LogP contribution in [0.15, 0.2) is 0 Å². The molecule has 0 aromatic carbocycles. The Morgan fingerprint density at radius 1 is 0.926 bits per heavy atom. The third kappa shape index (κ3) is 3.41. The minimum atomic E-state index is -0.125. The third-order valence-electron chi connectivity index (χ3n) is 10.4. The van der Waals surface area contributed by atoms with Gasteiger partial charge >= 0.3 is 0 Å². The molecule has 4 fully saturated rings. The first-order valence-corrected chi connectivity index (χ1v) is 12.2. The maximum atomic E-state index is 8.83. The highest BCUT2D eigenvalue weighted by molar-refractivity contribution is 5.09. The van der Waals surface area contributed by atoms with E-state index in [2.05, 4.69) is 20.8 Å². The van der Waals surface area contributed by atoms with E-state index in [1.807, 2.05) is 0 Å². The lowest BCUT2D eigenvalue weighted by molar-refractivity contribution is -0.114. The molecule has 4 saturated carbocycles. The van der Waals surface area contributed by atoms with Crippen LogP contribution in [0, 0.1) is 46.3 Å². The van der Waals surface area contributed by atoms with Gasteiger partial charge in [0, 0.05) is 6.61 Å². The summed E-state index contributed by atoms with van der Waals surface area (Å²) in [5.74, 6) is 5.81. The Morgan fingerprint density at radius 2 is 1.74 bits per heavy atom. The van der Waals surface area contributed by atoms with Crippen molar-refractivity contribution in [3.8, 4) is 0 Å². The Kier molecular flexibility index (Phi) is 5.97. The Balaban J connectivity index is 1.45. The number of rotatable bonds is 6. The minimum Gasteiger partial charge on any atom is -0.371 e. The topological polar surface area (TPSA) is 29.5 Å². The monoisotopic (exact) mass is 376 g/mol. The van der Waals surface area contributed by atoms with Crippen molar-refractivity contribution in [1.82, 2.24) is 0 Å². The van der Waals surface area contributed by atoms with Crippen LogP contribution in [0.3, 0.4) is 0 Å². The van der Waals surface area contributed by atoms with Crippen LogP contribution in [0.2, 0.25) is 0 Å². The number of hydrogen-bond donors (Lipinski definition) is 1. The van der Waals surface area contributed by atoms with Crippen molar-refractivity contribution in [3.05, 3.63) is 0 Å². The molecule has 0 aromatic rings. The van der Waals surface area contributed by atoms with Gasteiger partial charge in [0.25, 0.3) is 0 Å². The molecule has 4 aliphatic rings. The van der Waals surface area contributed by atoms with Gasteiger partial charge in [-0.05, 0) is 111 Å². The van der Waals surface area contributed by atoms with Crippen molar-refractivity contribution in [2.24, 2.45) is 46.3 Å². The predicted molar refractivity (Wildman–Crippen MR) is 111 cm³/mol. The van der Waals surface area contributed by atoms with Gasteiger partial charge in [-0.25, -0.2) is 0 Å². The summed E-state index contributed by atoms with van der Waals surface area (Å²) in [6, 6.07) is 0. The fourth-order valence-corrected chi connectivity index (χ4v) is 9.04. The van der Waals surface area contributed by atoms with Crippen molar-refractivity contribution < 1.29 is 9.84 Å². The van der Waals surface area contributed by atoms with Gasteiger partial charge in [-0.1, -0.05) is 33.6 Å².